The van der Waals surface area contributed by atoms with Crippen LogP contribution in [0.4, 0.5) is 5.00 Å². The standard InChI is InChI=1S/C21H21ClN4O3S2/c1-3-26-18(12-8-9-12)24-25-21(26)31-11-16(27)23-19-17(20(28)29-2)14(10-30-19)13-6-4-5-7-15(13)22/h4-7,10,12H,3,8-9,11H2,1-2H3,(H,23,27). The molecule has 1 fully saturated rings. The van der Waals surface area contributed by atoms with Crippen LogP contribution < -0.4 is 5.32 Å². The molecule has 1 saturated carbocycles. The average Bonchev–Trinajstić information content (AvgIpc) is 3.41. The van der Waals surface area contributed by atoms with Gasteiger partial charge in [0, 0.05) is 34.0 Å². The number of hydrogen-bond donors (Lipinski definition) is 1. The molecule has 1 aliphatic rings. The fourth-order valence-electron chi connectivity index (χ4n) is 3.27. The van der Waals surface area contributed by atoms with Crippen molar-refractivity contribution in [2.75, 3.05) is 18.2 Å². The predicted octanol–water partition coefficient (Wildman–Crippen LogP) is 5.07. The molecule has 10 heteroatoms. The number of anilines is 1. The largest absolute Gasteiger partial charge is 0.465 e. The summed E-state index contributed by atoms with van der Waals surface area (Å²) in [6.07, 6.45) is 2.29. The molecule has 1 N–H and O–H groups in total. The molecule has 2 aromatic heterocycles. The number of nitrogens with zero attached hydrogens (tertiary/aromatic N) is 3. The van der Waals surface area contributed by atoms with Crippen LogP contribution in [-0.2, 0) is 16.1 Å². The number of carbonyl (C=O) groups excluding carboxylic acids is 2. The predicted molar refractivity (Wildman–Crippen MR) is 123 cm³/mol. The molecule has 0 radical (unpaired) electrons. The Hall–Kier alpha value is -2.36. The van der Waals surface area contributed by atoms with Crippen molar-refractivity contribution in [1.82, 2.24) is 14.8 Å². The molecular formula is C21H21ClN4O3S2. The summed E-state index contributed by atoms with van der Waals surface area (Å²) in [6, 6.07) is 7.24. The number of rotatable bonds is 8. The van der Waals surface area contributed by atoms with Crippen LogP contribution in [-0.4, -0.2) is 39.5 Å². The van der Waals surface area contributed by atoms with Crippen LogP contribution in [0.15, 0.2) is 34.8 Å². The highest BCUT2D eigenvalue weighted by Gasteiger charge is 2.30. The molecule has 0 unspecified atom stereocenters. The Bertz CT molecular complexity index is 1120. The molecular weight excluding hydrogens is 456 g/mol. The number of halogens is 1. The van der Waals surface area contributed by atoms with E-state index in [1.807, 2.05) is 25.1 Å². The van der Waals surface area contributed by atoms with E-state index >= 15 is 0 Å². The lowest BCUT2D eigenvalue weighted by molar-refractivity contribution is -0.113. The molecule has 162 valence electrons. The minimum Gasteiger partial charge on any atom is -0.465 e. The first kappa shape index (κ1) is 21.9. The van der Waals surface area contributed by atoms with Crippen molar-refractivity contribution in [1.29, 1.82) is 0 Å². The van der Waals surface area contributed by atoms with Gasteiger partial charge in [-0.25, -0.2) is 4.79 Å². The number of aromatic nitrogens is 3. The molecule has 2 heterocycles. The Morgan fingerprint density at radius 2 is 2.06 bits per heavy atom. The van der Waals surface area contributed by atoms with Crippen LogP contribution in [0.5, 0.6) is 0 Å². The Morgan fingerprint density at radius 3 is 2.74 bits per heavy atom. The molecule has 1 aliphatic carbocycles. The van der Waals surface area contributed by atoms with E-state index in [4.69, 9.17) is 16.3 Å². The molecule has 4 rings (SSSR count). The summed E-state index contributed by atoms with van der Waals surface area (Å²) in [4.78, 5) is 25.1. The zero-order valence-electron chi connectivity index (χ0n) is 17.1. The van der Waals surface area contributed by atoms with E-state index in [9.17, 15) is 9.59 Å². The molecule has 0 spiro atoms. The van der Waals surface area contributed by atoms with E-state index < -0.39 is 5.97 Å². The van der Waals surface area contributed by atoms with E-state index in [2.05, 4.69) is 20.1 Å². The second-order valence-corrected chi connectivity index (χ2v) is 9.25. The van der Waals surface area contributed by atoms with Gasteiger partial charge in [-0.2, -0.15) is 0 Å². The number of ether oxygens (including phenoxy) is 1. The lowest BCUT2D eigenvalue weighted by Crippen LogP contribution is -2.16. The Labute approximate surface area is 193 Å². The fourth-order valence-corrected chi connectivity index (χ4v) is 5.28. The van der Waals surface area contributed by atoms with Crippen molar-refractivity contribution >= 4 is 51.6 Å². The van der Waals surface area contributed by atoms with Gasteiger partial charge in [-0.1, -0.05) is 41.6 Å². The third-order valence-corrected chi connectivity index (χ3v) is 7.13. The maximum absolute atomic E-state index is 12.7. The first-order valence-electron chi connectivity index (χ1n) is 9.83. The minimum atomic E-state index is -0.529. The highest BCUT2D eigenvalue weighted by atomic mass is 35.5. The molecule has 3 aromatic rings. The highest BCUT2D eigenvalue weighted by molar-refractivity contribution is 7.99. The van der Waals surface area contributed by atoms with Crippen LogP contribution >= 0.6 is 34.7 Å². The number of nitrogens with one attached hydrogen (secondary N) is 1. The van der Waals surface area contributed by atoms with Crippen molar-refractivity contribution < 1.29 is 14.3 Å². The molecule has 0 bridgehead atoms. The van der Waals surface area contributed by atoms with Gasteiger partial charge in [-0.3, -0.25) is 4.79 Å². The molecule has 7 nitrogen and oxygen atoms in total. The second kappa shape index (κ2) is 9.42. The van der Waals surface area contributed by atoms with Crippen LogP contribution in [0.2, 0.25) is 5.02 Å². The van der Waals surface area contributed by atoms with E-state index in [-0.39, 0.29) is 11.7 Å². The molecule has 31 heavy (non-hydrogen) atoms. The summed E-state index contributed by atoms with van der Waals surface area (Å²) in [5, 5.41) is 14.9. The number of methoxy groups -OCH3 is 1. The molecule has 0 saturated heterocycles. The third-order valence-electron chi connectivity index (χ3n) is 4.93. The van der Waals surface area contributed by atoms with Gasteiger partial charge >= 0.3 is 5.97 Å². The van der Waals surface area contributed by atoms with Crippen LogP contribution in [0.1, 0.15) is 41.9 Å². The van der Waals surface area contributed by atoms with Gasteiger partial charge in [0.05, 0.1) is 12.9 Å². The van der Waals surface area contributed by atoms with E-state index in [0.29, 0.717) is 32.6 Å². The number of carbonyl (C=O) groups is 2. The van der Waals surface area contributed by atoms with Crippen LogP contribution in [0, 0.1) is 0 Å². The Morgan fingerprint density at radius 1 is 1.29 bits per heavy atom. The SMILES string of the molecule is CCn1c(SCC(=O)Nc2scc(-c3ccccc3Cl)c2C(=O)OC)nnc1C1CC1. The maximum atomic E-state index is 12.7. The quantitative estimate of drug-likeness (QED) is 0.360. The minimum absolute atomic E-state index is 0.155. The number of hydrogen-bond acceptors (Lipinski definition) is 7. The lowest BCUT2D eigenvalue weighted by atomic mass is 10.0. The summed E-state index contributed by atoms with van der Waals surface area (Å²) in [5.41, 5.74) is 1.64. The van der Waals surface area contributed by atoms with Gasteiger partial charge in [-0.05, 0) is 25.8 Å². The van der Waals surface area contributed by atoms with E-state index in [1.165, 1.54) is 30.2 Å². The van der Waals surface area contributed by atoms with E-state index in [1.54, 1.807) is 11.4 Å². The third kappa shape index (κ3) is 4.63. The van der Waals surface area contributed by atoms with Crippen molar-refractivity contribution in [3.05, 3.63) is 46.1 Å². The lowest BCUT2D eigenvalue weighted by Gasteiger charge is -2.09. The highest BCUT2D eigenvalue weighted by Crippen LogP contribution is 2.40. The molecule has 1 aromatic carbocycles. The number of esters is 1. The van der Waals surface area contributed by atoms with E-state index in [0.717, 1.165) is 30.4 Å². The van der Waals surface area contributed by atoms with Gasteiger partial charge in [0.25, 0.3) is 0 Å². The fraction of sp³-hybridized carbons (Fsp3) is 0.333. The zero-order valence-corrected chi connectivity index (χ0v) is 19.4. The molecule has 0 aliphatic heterocycles. The van der Waals surface area contributed by atoms with Gasteiger partial charge in [0.2, 0.25) is 5.91 Å². The van der Waals surface area contributed by atoms with Crippen molar-refractivity contribution in [3.63, 3.8) is 0 Å². The van der Waals surface area contributed by atoms with Crippen LogP contribution in [0.3, 0.4) is 0 Å². The van der Waals surface area contributed by atoms with Crippen LogP contribution in [0.25, 0.3) is 11.1 Å². The topological polar surface area (TPSA) is 86.1 Å². The van der Waals surface area contributed by atoms with Gasteiger partial charge < -0.3 is 14.6 Å². The van der Waals surface area contributed by atoms with Gasteiger partial charge in [-0.15, -0.1) is 21.5 Å². The summed E-state index contributed by atoms with van der Waals surface area (Å²) >= 11 is 8.91. The average molecular weight is 477 g/mol. The van der Waals surface area contributed by atoms with Gasteiger partial charge in [0.15, 0.2) is 5.16 Å². The van der Waals surface area contributed by atoms with Crippen molar-refractivity contribution in [2.45, 2.75) is 37.4 Å². The molecule has 0 atom stereocenters. The number of thiophene rings is 1. The number of benzene rings is 1. The molecule has 1 amide bonds. The summed E-state index contributed by atoms with van der Waals surface area (Å²) in [6.45, 7) is 2.81. The Balaban J connectivity index is 1.51. The van der Waals surface area contributed by atoms with Crippen molar-refractivity contribution in [3.8, 4) is 11.1 Å². The zero-order chi connectivity index (χ0) is 22.0. The van der Waals surface area contributed by atoms with Crippen molar-refractivity contribution in [2.24, 2.45) is 0 Å². The number of thioether (sulfide) groups is 1. The maximum Gasteiger partial charge on any atom is 0.341 e. The summed E-state index contributed by atoms with van der Waals surface area (Å²) in [5.74, 6) is 0.886. The first-order valence-corrected chi connectivity index (χ1v) is 12.1. The number of amides is 1. The van der Waals surface area contributed by atoms with Gasteiger partial charge in [0.1, 0.15) is 16.4 Å². The monoisotopic (exact) mass is 476 g/mol. The first-order chi connectivity index (χ1) is 15.0. The second-order valence-electron chi connectivity index (χ2n) is 7.02. The summed E-state index contributed by atoms with van der Waals surface area (Å²) < 4.78 is 7.02. The smallest absolute Gasteiger partial charge is 0.341 e. The normalized spacial score (nSPS) is 13.3. The Kier molecular flexibility index (Phi) is 6.64. The summed E-state index contributed by atoms with van der Waals surface area (Å²) in [7, 11) is 1.31.